The summed E-state index contributed by atoms with van der Waals surface area (Å²) in [5, 5.41) is 8.56. The van der Waals surface area contributed by atoms with Crippen LogP contribution in [-0.2, 0) is 13.1 Å². The molecule has 0 radical (unpaired) electrons. The van der Waals surface area contributed by atoms with Gasteiger partial charge in [-0.3, -0.25) is 4.68 Å². The minimum Gasteiger partial charge on any atom is -0.383 e. The van der Waals surface area contributed by atoms with E-state index in [2.05, 4.69) is 33.1 Å². The molecule has 0 aliphatic heterocycles. The van der Waals surface area contributed by atoms with E-state index in [-0.39, 0.29) is 0 Å². The van der Waals surface area contributed by atoms with Crippen molar-refractivity contribution in [2.75, 3.05) is 5.73 Å². The standard InChI is InChI=1S/C10H14BrN5/c1-3-15-5-8(4-13-15)6-16-10(12)9(11)7(2)14-16/h4-5H,3,6,12H2,1-2H3. The van der Waals surface area contributed by atoms with Gasteiger partial charge in [0.05, 0.1) is 22.9 Å². The van der Waals surface area contributed by atoms with Crippen molar-refractivity contribution in [1.29, 1.82) is 0 Å². The normalized spacial score (nSPS) is 10.9. The average molecular weight is 284 g/mol. The number of nitrogens with two attached hydrogens (primary N) is 1. The summed E-state index contributed by atoms with van der Waals surface area (Å²) in [6.07, 6.45) is 3.85. The quantitative estimate of drug-likeness (QED) is 0.934. The van der Waals surface area contributed by atoms with Crippen LogP contribution >= 0.6 is 15.9 Å². The predicted octanol–water partition coefficient (Wildman–Crippen LogP) is 1.80. The zero-order valence-corrected chi connectivity index (χ0v) is 10.9. The maximum absolute atomic E-state index is 5.92. The van der Waals surface area contributed by atoms with Crippen LogP contribution in [-0.4, -0.2) is 19.6 Å². The molecular formula is C10H14BrN5. The molecule has 2 aromatic heterocycles. The summed E-state index contributed by atoms with van der Waals surface area (Å²) in [5.74, 6) is 0.654. The maximum atomic E-state index is 5.92. The summed E-state index contributed by atoms with van der Waals surface area (Å²) in [6, 6.07) is 0. The number of rotatable bonds is 3. The van der Waals surface area contributed by atoms with Crippen LogP contribution < -0.4 is 5.73 Å². The second-order valence-electron chi connectivity index (χ2n) is 3.65. The molecule has 0 fully saturated rings. The van der Waals surface area contributed by atoms with E-state index < -0.39 is 0 Å². The first kappa shape index (κ1) is 11.2. The van der Waals surface area contributed by atoms with Gasteiger partial charge in [-0.1, -0.05) is 0 Å². The predicted molar refractivity (Wildman–Crippen MR) is 66.1 cm³/mol. The number of nitrogen functional groups attached to an aromatic ring is 1. The monoisotopic (exact) mass is 283 g/mol. The Hall–Kier alpha value is -1.30. The summed E-state index contributed by atoms with van der Waals surface area (Å²) < 4.78 is 4.53. The first-order valence-corrected chi connectivity index (χ1v) is 5.90. The van der Waals surface area contributed by atoms with Crippen LogP contribution in [0.4, 0.5) is 5.82 Å². The molecule has 0 bridgehead atoms. The largest absolute Gasteiger partial charge is 0.383 e. The van der Waals surface area contributed by atoms with Gasteiger partial charge in [0, 0.05) is 18.3 Å². The summed E-state index contributed by atoms with van der Waals surface area (Å²) in [4.78, 5) is 0. The summed E-state index contributed by atoms with van der Waals surface area (Å²) >= 11 is 3.40. The Kier molecular flexibility index (Phi) is 3.00. The van der Waals surface area contributed by atoms with E-state index in [1.807, 2.05) is 24.0 Å². The van der Waals surface area contributed by atoms with Crippen molar-refractivity contribution < 1.29 is 0 Å². The Morgan fingerprint density at radius 1 is 1.50 bits per heavy atom. The van der Waals surface area contributed by atoms with Gasteiger partial charge in [0.1, 0.15) is 5.82 Å². The molecule has 86 valence electrons. The highest BCUT2D eigenvalue weighted by molar-refractivity contribution is 9.10. The lowest BCUT2D eigenvalue weighted by molar-refractivity contribution is 0.655. The fourth-order valence-electron chi connectivity index (χ4n) is 1.53. The lowest BCUT2D eigenvalue weighted by Gasteiger charge is -2.01. The zero-order valence-electron chi connectivity index (χ0n) is 9.31. The summed E-state index contributed by atoms with van der Waals surface area (Å²) in [7, 11) is 0. The molecule has 0 aliphatic rings. The van der Waals surface area contributed by atoms with Gasteiger partial charge in [-0.15, -0.1) is 0 Å². The Morgan fingerprint density at radius 2 is 2.25 bits per heavy atom. The van der Waals surface area contributed by atoms with E-state index >= 15 is 0 Å². The second kappa shape index (κ2) is 4.29. The third kappa shape index (κ3) is 1.97. The molecule has 2 heterocycles. The first-order chi connectivity index (χ1) is 7.61. The van der Waals surface area contributed by atoms with Crippen molar-refractivity contribution in [3.8, 4) is 0 Å². The molecule has 0 aromatic carbocycles. The van der Waals surface area contributed by atoms with Crippen molar-refractivity contribution >= 4 is 21.7 Å². The van der Waals surface area contributed by atoms with Crippen molar-refractivity contribution in [2.45, 2.75) is 26.9 Å². The molecule has 0 amide bonds. The molecule has 16 heavy (non-hydrogen) atoms. The topological polar surface area (TPSA) is 61.7 Å². The van der Waals surface area contributed by atoms with E-state index in [0.717, 1.165) is 22.3 Å². The zero-order chi connectivity index (χ0) is 11.7. The van der Waals surface area contributed by atoms with Gasteiger partial charge < -0.3 is 5.73 Å². The van der Waals surface area contributed by atoms with E-state index in [9.17, 15) is 0 Å². The molecule has 6 heteroatoms. The van der Waals surface area contributed by atoms with Crippen LogP contribution in [0.1, 0.15) is 18.2 Å². The Balaban J connectivity index is 2.23. The maximum Gasteiger partial charge on any atom is 0.136 e. The van der Waals surface area contributed by atoms with Crippen LogP contribution in [0.2, 0.25) is 0 Å². The summed E-state index contributed by atoms with van der Waals surface area (Å²) in [5.41, 5.74) is 7.92. The highest BCUT2D eigenvalue weighted by Crippen LogP contribution is 2.23. The number of anilines is 1. The smallest absolute Gasteiger partial charge is 0.136 e. The van der Waals surface area contributed by atoms with E-state index in [0.29, 0.717) is 12.4 Å². The number of hydrogen-bond acceptors (Lipinski definition) is 3. The lowest BCUT2D eigenvalue weighted by Crippen LogP contribution is -2.05. The van der Waals surface area contributed by atoms with Crippen LogP contribution in [0.25, 0.3) is 0 Å². The van der Waals surface area contributed by atoms with Gasteiger partial charge in [-0.2, -0.15) is 10.2 Å². The molecule has 0 unspecified atom stereocenters. The van der Waals surface area contributed by atoms with Crippen LogP contribution in [0, 0.1) is 6.92 Å². The molecule has 5 nitrogen and oxygen atoms in total. The van der Waals surface area contributed by atoms with Crippen molar-refractivity contribution in [3.63, 3.8) is 0 Å². The van der Waals surface area contributed by atoms with Crippen molar-refractivity contribution in [3.05, 3.63) is 28.1 Å². The van der Waals surface area contributed by atoms with E-state index in [1.165, 1.54) is 0 Å². The minimum absolute atomic E-state index is 0.651. The first-order valence-electron chi connectivity index (χ1n) is 5.11. The van der Waals surface area contributed by atoms with Gasteiger partial charge >= 0.3 is 0 Å². The molecule has 2 N–H and O–H groups in total. The Bertz CT molecular complexity index is 499. The average Bonchev–Trinajstić information content (AvgIpc) is 2.81. The molecular weight excluding hydrogens is 270 g/mol. The molecule has 2 rings (SSSR count). The minimum atomic E-state index is 0.651. The van der Waals surface area contributed by atoms with Crippen molar-refractivity contribution in [2.24, 2.45) is 0 Å². The Labute approximate surface area is 102 Å². The van der Waals surface area contributed by atoms with E-state index in [4.69, 9.17) is 5.73 Å². The van der Waals surface area contributed by atoms with Gasteiger partial charge in [-0.25, -0.2) is 4.68 Å². The highest BCUT2D eigenvalue weighted by Gasteiger charge is 2.10. The van der Waals surface area contributed by atoms with Gasteiger partial charge in [0.2, 0.25) is 0 Å². The second-order valence-corrected chi connectivity index (χ2v) is 4.44. The van der Waals surface area contributed by atoms with Gasteiger partial charge in [0.15, 0.2) is 0 Å². The summed E-state index contributed by atoms with van der Waals surface area (Å²) in [6.45, 7) is 5.50. The number of halogens is 1. The Morgan fingerprint density at radius 3 is 2.75 bits per heavy atom. The fraction of sp³-hybridized carbons (Fsp3) is 0.400. The van der Waals surface area contributed by atoms with Crippen LogP contribution in [0.5, 0.6) is 0 Å². The van der Waals surface area contributed by atoms with Gasteiger partial charge in [0.25, 0.3) is 0 Å². The van der Waals surface area contributed by atoms with Crippen LogP contribution in [0.3, 0.4) is 0 Å². The molecule has 0 spiro atoms. The highest BCUT2D eigenvalue weighted by atomic mass is 79.9. The number of aromatic nitrogens is 4. The molecule has 0 saturated heterocycles. The lowest BCUT2D eigenvalue weighted by atomic mass is 10.3. The number of nitrogens with zero attached hydrogens (tertiary/aromatic N) is 4. The van der Waals surface area contributed by atoms with Crippen LogP contribution in [0.15, 0.2) is 16.9 Å². The molecule has 2 aromatic rings. The number of aryl methyl sites for hydroxylation is 2. The third-order valence-electron chi connectivity index (χ3n) is 2.43. The molecule has 0 atom stereocenters. The molecule has 0 aliphatic carbocycles. The fourth-order valence-corrected chi connectivity index (χ4v) is 1.82. The van der Waals surface area contributed by atoms with E-state index in [1.54, 1.807) is 4.68 Å². The SMILES string of the molecule is CCn1cc(Cn2nc(C)c(Br)c2N)cn1. The van der Waals surface area contributed by atoms with Crippen molar-refractivity contribution in [1.82, 2.24) is 19.6 Å². The van der Waals surface area contributed by atoms with Gasteiger partial charge in [-0.05, 0) is 29.8 Å². The third-order valence-corrected chi connectivity index (χ3v) is 3.41. The molecule has 0 saturated carbocycles. The number of hydrogen-bond donors (Lipinski definition) is 1.